The zero-order valence-corrected chi connectivity index (χ0v) is 17.8. The van der Waals surface area contributed by atoms with Crippen LogP contribution >= 0.6 is 0 Å². The maximum absolute atomic E-state index is 13.4. The third-order valence-corrected chi connectivity index (χ3v) is 5.58. The van der Waals surface area contributed by atoms with Crippen molar-refractivity contribution in [2.75, 3.05) is 13.2 Å². The molecule has 2 rings (SSSR count). The molecule has 0 saturated carbocycles. The van der Waals surface area contributed by atoms with Gasteiger partial charge in [-0.05, 0) is 47.0 Å². The predicted molar refractivity (Wildman–Crippen MR) is 105 cm³/mol. The van der Waals surface area contributed by atoms with Gasteiger partial charge in [0.05, 0.1) is 31.1 Å². The van der Waals surface area contributed by atoms with Crippen molar-refractivity contribution in [2.24, 2.45) is 23.7 Å². The summed E-state index contributed by atoms with van der Waals surface area (Å²) >= 11 is 0. The maximum Gasteiger partial charge on any atom is 0.310 e. The molecule has 1 heterocycles. The van der Waals surface area contributed by atoms with Crippen LogP contribution in [0.4, 0.5) is 0 Å². The first kappa shape index (κ1) is 22.4. The number of aliphatic hydroxyl groups is 1. The lowest BCUT2D eigenvalue weighted by molar-refractivity contribution is -0.156. The van der Waals surface area contributed by atoms with E-state index in [1.165, 1.54) is 4.90 Å². The number of nitrogens with zero attached hydrogens (tertiary/aromatic N) is 1. The Kier molecular flexibility index (Phi) is 6.91. The van der Waals surface area contributed by atoms with Crippen LogP contribution in [-0.4, -0.2) is 58.6 Å². The predicted octanol–water partition coefficient (Wildman–Crippen LogP) is 1.50. The fourth-order valence-corrected chi connectivity index (χ4v) is 4.40. The summed E-state index contributed by atoms with van der Waals surface area (Å²) in [4.78, 5) is 40.7. The number of amides is 2. The number of ether oxygens (including phenoxy) is 1. The standard InChI is InChI=1S/C21H34N2O5/c1-7-13-9-10-14-16(15(13)20(27)28-8-2)19(26)23(12(3)11-24)17(14)18(25)22-21(4,5)6/h9-10,12-17,24H,7-8,11H2,1-6H3,(H,22,25)/t12-,13-,14+,15-,16+,17+/m1/s1. The fourth-order valence-electron chi connectivity index (χ4n) is 4.40. The van der Waals surface area contributed by atoms with Crippen LogP contribution in [0.1, 0.15) is 48.0 Å². The van der Waals surface area contributed by atoms with Crippen molar-refractivity contribution < 1.29 is 24.2 Å². The second-order valence-electron chi connectivity index (χ2n) is 8.80. The lowest BCUT2D eigenvalue weighted by Gasteiger charge is -2.34. The Morgan fingerprint density at radius 1 is 1.29 bits per heavy atom. The number of carbonyl (C=O) groups excluding carboxylic acids is 3. The Morgan fingerprint density at radius 2 is 1.93 bits per heavy atom. The first-order chi connectivity index (χ1) is 13.1. The maximum atomic E-state index is 13.4. The van der Waals surface area contributed by atoms with Gasteiger partial charge in [0, 0.05) is 11.5 Å². The molecule has 7 nitrogen and oxygen atoms in total. The summed E-state index contributed by atoms with van der Waals surface area (Å²) in [6.45, 7) is 11.1. The number of likely N-dealkylation sites (tertiary alicyclic amines) is 1. The monoisotopic (exact) mass is 394 g/mol. The number of hydrogen-bond acceptors (Lipinski definition) is 5. The molecule has 0 bridgehead atoms. The number of nitrogens with one attached hydrogen (secondary N) is 1. The normalized spacial score (nSPS) is 30.8. The highest BCUT2D eigenvalue weighted by molar-refractivity contribution is 5.96. The Labute approximate surface area is 167 Å². The number of aliphatic hydroxyl groups excluding tert-OH is 1. The molecule has 1 aliphatic heterocycles. The van der Waals surface area contributed by atoms with Crippen LogP contribution in [-0.2, 0) is 19.1 Å². The number of allylic oxidation sites excluding steroid dienone is 1. The molecule has 28 heavy (non-hydrogen) atoms. The summed E-state index contributed by atoms with van der Waals surface area (Å²) in [6.07, 6.45) is 4.55. The molecule has 7 heteroatoms. The Bertz CT molecular complexity index is 639. The molecule has 2 amide bonds. The smallest absolute Gasteiger partial charge is 0.310 e. The minimum atomic E-state index is -0.759. The van der Waals surface area contributed by atoms with Crippen LogP contribution in [0.25, 0.3) is 0 Å². The molecule has 1 saturated heterocycles. The molecule has 0 aromatic carbocycles. The lowest BCUT2D eigenvalue weighted by Crippen LogP contribution is -2.55. The highest BCUT2D eigenvalue weighted by atomic mass is 16.5. The molecule has 0 radical (unpaired) electrons. The minimum Gasteiger partial charge on any atom is -0.466 e. The second kappa shape index (κ2) is 8.64. The van der Waals surface area contributed by atoms with Gasteiger partial charge in [0.25, 0.3) is 0 Å². The van der Waals surface area contributed by atoms with Crippen molar-refractivity contribution in [1.82, 2.24) is 10.2 Å². The lowest BCUT2D eigenvalue weighted by atomic mass is 9.69. The van der Waals surface area contributed by atoms with E-state index in [9.17, 15) is 19.5 Å². The summed E-state index contributed by atoms with van der Waals surface area (Å²) in [5, 5.41) is 12.7. The van der Waals surface area contributed by atoms with E-state index in [2.05, 4.69) is 5.32 Å². The van der Waals surface area contributed by atoms with Crippen molar-refractivity contribution in [1.29, 1.82) is 0 Å². The highest BCUT2D eigenvalue weighted by Crippen LogP contribution is 2.46. The molecule has 0 aromatic rings. The first-order valence-corrected chi connectivity index (χ1v) is 10.2. The van der Waals surface area contributed by atoms with E-state index in [1.807, 2.05) is 39.8 Å². The second-order valence-corrected chi connectivity index (χ2v) is 8.80. The third kappa shape index (κ3) is 4.24. The molecule has 2 N–H and O–H groups in total. The van der Waals surface area contributed by atoms with Crippen LogP contribution in [0, 0.1) is 23.7 Å². The number of carbonyl (C=O) groups is 3. The van der Waals surface area contributed by atoms with Gasteiger partial charge >= 0.3 is 5.97 Å². The molecule has 0 aromatic heterocycles. The van der Waals surface area contributed by atoms with E-state index in [1.54, 1.807) is 13.8 Å². The van der Waals surface area contributed by atoms with Gasteiger partial charge in [-0.3, -0.25) is 14.4 Å². The summed E-state index contributed by atoms with van der Waals surface area (Å²) < 4.78 is 5.27. The summed E-state index contributed by atoms with van der Waals surface area (Å²) in [5.41, 5.74) is -0.461. The summed E-state index contributed by atoms with van der Waals surface area (Å²) in [5.74, 6) is -2.74. The Balaban J connectivity index is 2.50. The molecule has 0 spiro atoms. The van der Waals surface area contributed by atoms with E-state index < -0.39 is 41.3 Å². The fraction of sp³-hybridized carbons (Fsp3) is 0.762. The van der Waals surface area contributed by atoms with Crippen molar-refractivity contribution in [3.8, 4) is 0 Å². The quantitative estimate of drug-likeness (QED) is 0.526. The van der Waals surface area contributed by atoms with Crippen LogP contribution < -0.4 is 5.32 Å². The van der Waals surface area contributed by atoms with Crippen molar-refractivity contribution >= 4 is 17.8 Å². The molecular formula is C21H34N2O5. The van der Waals surface area contributed by atoms with Gasteiger partial charge in [0.15, 0.2) is 0 Å². The number of rotatable bonds is 6. The molecule has 2 aliphatic rings. The van der Waals surface area contributed by atoms with Gasteiger partial charge < -0.3 is 20.1 Å². The van der Waals surface area contributed by atoms with E-state index in [0.29, 0.717) is 6.42 Å². The first-order valence-electron chi connectivity index (χ1n) is 10.2. The zero-order chi connectivity index (χ0) is 21.2. The summed E-state index contributed by atoms with van der Waals surface area (Å²) in [7, 11) is 0. The van der Waals surface area contributed by atoms with Gasteiger partial charge in [0.1, 0.15) is 6.04 Å². The van der Waals surface area contributed by atoms with Crippen molar-refractivity contribution in [2.45, 2.75) is 65.6 Å². The molecular weight excluding hydrogens is 360 g/mol. The third-order valence-electron chi connectivity index (χ3n) is 5.58. The molecule has 0 unspecified atom stereocenters. The number of fused-ring (bicyclic) bond motifs is 1. The molecule has 1 aliphatic carbocycles. The summed E-state index contributed by atoms with van der Waals surface area (Å²) in [6, 6.07) is -1.28. The van der Waals surface area contributed by atoms with Gasteiger partial charge in [0.2, 0.25) is 11.8 Å². The van der Waals surface area contributed by atoms with Crippen LogP contribution in [0.5, 0.6) is 0 Å². The van der Waals surface area contributed by atoms with E-state index in [0.717, 1.165) is 0 Å². The van der Waals surface area contributed by atoms with Crippen molar-refractivity contribution in [3.05, 3.63) is 12.2 Å². The van der Waals surface area contributed by atoms with Gasteiger partial charge in [-0.1, -0.05) is 19.1 Å². The Morgan fingerprint density at radius 3 is 2.43 bits per heavy atom. The van der Waals surface area contributed by atoms with Crippen LogP contribution in [0.3, 0.4) is 0 Å². The number of hydrogen-bond donors (Lipinski definition) is 2. The highest BCUT2D eigenvalue weighted by Gasteiger charge is 2.58. The van der Waals surface area contributed by atoms with Gasteiger partial charge in [-0.2, -0.15) is 0 Å². The Hall–Kier alpha value is -1.89. The average molecular weight is 395 g/mol. The minimum absolute atomic E-state index is 0.111. The zero-order valence-electron chi connectivity index (χ0n) is 17.8. The van der Waals surface area contributed by atoms with Gasteiger partial charge in [-0.15, -0.1) is 0 Å². The van der Waals surface area contributed by atoms with E-state index in [-0.39, 0.29) is 30.9 Å². The molecule has 1 fully saturated rings. The van der Waals surface area contributed by atoms with Gasteiger partial charge in [-0.25, -0.2) is 0 Å². The van der Waals surface area contributed by atoms with E-state index in [4.69, 9.17) is 4.74 Å². The molecule has 6 atom stereocenters. The van der Waals surface area contributed by atoms with Crippen molar-refractivity contribution in [3.63, 3.8) is 0 Å². The topological polar surface area (TPSA) is 95.9 Å². The number of esters is 1. The van der Waals surface area contributed by atoms with Crippen LogP contribution in [0.2, 0.25) is 0 Å². The van der Waals surface area contributed by atoms with Crippen LogP contribution in [0.15, 0.2) is 12.2 Å². The average Bonchev–Trinajstić information content (AvgIpc) is 2.91. The largest absolute Gasteiger partial charge is 0.466 e. The van der Waals surface area contributed by atoms with E-state index >= 15 is 0 Å². The SMILES string of the molecule is CCOC(=O)[C@H]1[C@H]2C(=O)N([C@H](C)CO)[C@H](C(=O)NC(C)(C)C)[C@H]2C=C[C@H]1CC. The molecule has 158 valence electrons.